The molecule has 0 saturated heterocycles. The smallest absolute Gasteiger partial charge is 0.338 e. The Morgan fingerprint density at radius 1 is 0.971 bits per heavy atom. The summed E-state index contributed by atoms with van der Waals surface area (Å²) < 4.78 is 26.2. The fraction of sp³-hybridized carbons (Fsp3) is 0.259. The molecule has 35 heavy (non-hydrogen) atoms. The third kappa shape index (κ3) is 6.51. The SMILES string of the molecule is CCCOc1ccc(C(=O)NCc2cc(-c3cccc(C(=O)O)c3F)ccc2OCCC)c(Cl)c1. The molecule has 0 spiro atoms. The fourth-order valence-corrected chi connectivity index (χ4v) is 3.67. The lowest BCUT2D eigenvalue weighted by atomic mass is 9.99. The number of carbonyl (C=O) groups excluding carboxylic acids is 1. The fourth-order valence-electron chi connectivity index (χ4n) is 3.42. The van der Waals surface area contributed by atoms with Gasteiger partial charge in [0.05, 0.1) is 29.4 Å². The molecule has 0 fully saturated rings. The van der Waals surface area contributed by atoms with Gasteiger partial charge in [0.15, 0.2) is 0 Å². The van der Waals surface area contributed by atoms with Crippen molar-refractivity contribution in [1.29, 1.82) is 0 Å². The lowest BCUT2D eigenvalue weighted by Gasteiger charge is -2.15. The Morgan fingerprint density at radius 2 is 1.71 bits per heavy atom. The van der Waals surface area contributed by atoms with Crippen molar-refractivity contribution in [1.82, 2.24) is 5.32 Å². The van der Waals surface area contributed by atoms with Crippen LogP contribution in [0.5, 0.6) is 11.5 Å². The Bertz CT molecular complexity index is 1210. The number of ether oxygens (including phenoxy) is 2. The maximum absolute atomic E-state index is 14.8. The normalized spacial score (nSPS) is 10.6. The zero-order chi connectivity index (χ0) is 25.4. The van der Waals surface area contributed by atoms with E-state index < -0.39 is 17.3 Å². The van der Waals surface area contributed by atoms with Gasteiger partial charge in [0.25, 0.3) is 5.91 Å². The van der Waals surface area contributed by atoms with E-state index in [-0.39, 0.29) is 23.0 Å². The van der Waals surface area contributed by atoms with Crippen LogP contribution in [0.3, 0.4) is 0 Å². The Balaban J connectivity index is 1.86. The van der Waals surface area contributed by atoms with Gasteiger partial charge in [-0.3, -0.25) is 4.79 Å². The van der Waals surface area contributed by atoms with Crippen LogP contribution >= 0.6 is 11.6 Å². The zero-order valence-corrected chi connectivity index (χ0v) is 20.3. The highest BCUT2D eigenvalue weighted by Crippen LogP contribution is 2.30. The molecule has 6 nitrogen and oxygen atoms in total. The van der Waals surface area contributed by atoms with Crippen LogP contribution in [0, 0.1) is 5.82 Å². The predicted molar refractivity (Wildman–Crippen MR) is 133 cm³/mol. The number of aromatic carboxylic acids is 1. The molecule has 0 bridgehead atoms. The second kappa shape index (κ2) is 12.2. The molecular weight excluding hydrogens is 473 g/mol. The minimum Gasteiger partial charge on any atom is -0.494 e. The van der Waals surface area contributed by atoms with Gasteiger partial charge in [0.2, 0.25) is 0 Å². The quantitative estimate of drug-likeness (QED) is 0.321. The topological polar surface area (TPSA) is 84.9 Å². The van der Waals surface area contributed by atoms with Crippen molar-refractivity contribution in [3.05, 3.63) is 82.1 Å². The van der Waals surface area contributed by atoms with Crippen LogP contribution in [0.25, 0.3) is 11.1 Å². The summed E-state index contributed by atoms with van der Waals surface area (Å²) in [7, 11) is 0. The molecule has 0 aliphatic carbocycles. The van der Waals surface area contributed by atoms with Crippen LogP contribution < -0.4 is 14.8 Å². The van der Waals surface area contributed by atoms with Crippen LogP contribution in [-0.4, -0.2) is 30.2 Å². The van der Waals surface area contributed by atoms with E-state index in [2.05, 4.69) is 5.32 Å². The summed E-state index contributed by atoms with van der Waals surface area (Å²) in [5.41, 5.74) is 1.11. The molecule has 0 aromatic heterocycles. The van der Waals surface area contributed by atoms with Crippen LogP contribution in [0.4, 0.5) is 4.39 Å². The molecule has 0 aliphatic rings. The zero-order valence-electron chi connectivity index (χ0n) is 19.6. The summed E-state index contributed by atoms with van der Waals surface area (Å²) in [5.74, 6) is -1.43. The van der Waals surface area contributed by atoms with Crippen molar-refractivity contribution in [2.24, 2.45) is 0 Å². The van der Waals surface area contributed by atoms with Gasteiger partial charge in [-0.1, -0.05) is 43.6 Å². The number of amides is 1. The van der Waals surface area contributed by atoms with Gasteiger partial charge < -0.3 is 19.9 Å². The monoisotopic (exact) mass is 499 g/mol. The highest BCUT2D eigenvalue weighted by atomic mass is 35.5. The van der Waals surface area contributed by atoms with Crippen LogP contribution in [0.2, 0.25) is 5.02 Å². The second-order valence-electron chi connectivity index (χ2n) is 7.82. The molecule has 0 radical (unpaired) electrons. The summed E-state index contributed by atoms with van der Waals surface area (Å²) in [4.78, 5) is 24.1. The molecule has 3 aromatic rings. The van der Waals surface area contributed by atoms with Gasteiger partial charge in [0, 0.05) is 17.7 Å². The largest absolute Gasteiger partial charge is 0.494 e. The first-order valence-corrected chi connectivity index (χ1v) is 11.7. The molecule has 0 atom stereocenters. The molecule has 3 aromatic carbocycles. The first-order chi connectivity index (χ1) is 16.8. The minimum absolute atomic E-state index is 0.0936. The Labute approximate surface area is 208 Å². The Hall–Kier alpha value is -3.58. The molecule has 8 heteroatoms. The van der Waals surface area contributed by atoms with Crippen molar-refractivity contribution in [3.8, 4) is 22.6 Å². The van der Waals surface area contributed by atoms with Crippen LogP contribution in [0.1, 0.15) is 53.0 Å². The maximum atomic E-state index is 14.8. The van der Waals surface area contributed by atoms with Gasteiger partial charge in [0.1, 0.15) is 17.3 Å². The van der Waals surface area contributed by atoms with E-state index in [1.54, 1.807) is 36.4 Å². The lowest BCUT2D eigenvalue weighted by molar-refractivity contribution is 0.0691. The van der Waals surface area contributed by atoms with Gasteiger partial charge >= 0.3 is 5.97 Å². The van der Waals surface area contributed by atoms with Gasteiger partial charge in [-0.2, -0.15) is 0 Å². The lowest BCUT2D eigenvalue weighted by Crippen LogP contribution is -2.23. The third-order valence-corrected chi connectivity index (χ3v) is 5.47. The molecule has 1 amide bonds. The number of hydrogen-bond acceptors (Lipinski definition) is 4. The average molecular weight is 500 g/mol. The van der Waals surface area contributed by atoms with E-state index in [9.17, 15) is 19.1 Å². The van der Waals surface area contributed by atoms with E-state index in [0.717, 1.165) is 12.8 Å². The summed E-state index contributed by atoms with van der Waals surface area (Å²) in [6.07, 6.45) is 1.64. The molecule has 0 aliphatic heterocycles. The van der Waals surface area contributed by atoms with Crippen molar-refractivity contribution >= 4 is 23.5 Å². The number of hydrogen-bond donors (Lipinski definition) is 2. The van der Waals surface area contributed by atoms with E-state index in [1.165, 1.54) is 18.2 Å². The first-order valence-electron chi connectivity index (χ1n) is 11.3. The summed E-state index contributed by atoms with van der Waals surface area (Å²) in [6.45, 7) is 5.08. The van der Waals surface area contributed by atoms with Crippen molar-refractivity contribution in [2.75, 3.05) is 13.2 Å². The minimum atomic E-state index is -1.34. The number of rotatable bonds is 11. The molecule has 0 saturated carbocycles. The van der Waals surface area contributed by atoms with Gasteiger partial charge in [-0.25, -0.2) is 9.18 Å². The van der Waals surface area contributed by atoms with E-state index in [0.29, 0.717) is 41.4 Å². The van der Waals surface area contributed by atoms with E-state index in [1.807, 2.05) is 13.8 Å². The van der Waals surface area contributed by atoms with Crippen molar-refractivity contribution in [3.63, 3.8) is 0 Å². The predicted octanol–water partition coefficient (Wildman–Crippen LogP) is 6.35. The maximum Gasteiger partial charge on any atom is 0.338 e. The molecule has 184 valence electrons. The molecule has 0 unspecified atom stereocenters. The standard InChI is InChI=1S/C27H27ClFNO5/c1-3-12-34-19-9-10-21(23(28)15-19)26(31)30-16-18-14-17(8-11-24(18)35-13-4-2)20-6-5-7-22(25(20)29)27(32)33/h5-11,14-15H,3-4,12-13,16H2,1-2H3,(H,30,31)(H,32,33). The summed E-state index contributed by atoms with van der Waals surface area (Å²) in [6, 6.07) is 14.1. The Kier molecular flexibility index (Phi) is 9.09. The van der Waals surface area contributed by atoms with Crippen molar-refractivity contribution in [2.45, 2.75) is 33.2 Å². The van der Waals surface area contributed by atoms with Gasteiger partial charge in [-0.05, 0) is 54.8 Å². The number of nitrogens with one attached hydrogen (secondary N) is 1. The first kappa shape index (κ1) is 26.0. The number of halogens is 2. The average Bonchev–Trinajstić information content (AvgIpc) is 2.85. The van der Waals surface area contributed by atoms with E-state index >= 15 is 0 Å². The second-order valence-corrected chi connectivity index (χ2v) is 8.22. The van der Waals surface area contributed by atoms with Crippen LogP contribution in [-0.2, 0) is 6.54 Å². The summed E-state index contributed by atoms with van der Waals surface area (Å²) in [5, 5.41) is 12.3. The van der Waals surface area contributed by atoms with E-state index in [4.69, 9.17) is 21.1 Å². The number of benzene rings is 3. The third-order valence-electron chi connectivity index (χ3n) is 5.16. The van der Waals surface area contributed by atoms with Crippen molar-refractivity contribution < 1.29 is 28.6 Å². The molecule has 3 rings (SSSR count). The molecule has 0 heterocycles. The Morgan fingerprint density at radius 3 is 2.40 bits per heavy atom. The highest BCUT2D eigenvalue weighted by Gasteiger charge is 2.17. The molecular formula is C27H27ClFNO5. The van der Waals surface area contributed by atoms with Gasteiger partial charge in [-0.15, -0.1) is 0 Å². The van der Waals surface area contributed by atoms with Crippen LogP contribution in [0.15, 0.2) is 54.6 Å². The number of carboxylic acid groups (broad SMARTS) is 1. The molecule has 2 N–H and O–H groups in total. The number of carboxylic acids is 1. The summed E-state index contributed by atoms with van der Waals surface area (Å²) >= 11 is 6.29. The highest BCUT2D eigenvalue weighted by molar-refractivity contribution is 6.34. The number of carbonyl (C=O) groups is 2.